The van der Waals surface area contributed by atoms with Crippen molar-refractivity contribution in [3.05, 3.63) is 64.2 Å². The molecule has 1 aliphatic heterocycles. The number of benzene rings is 2. The molecule has 8 heteroatoms. The highest BCUT2D eigenvalue weighted by molar-refractivity contribution is 8.00. The zero-order valence-electron chi connectivity index (χ0n) is 16.7. The number of methoxy groups -OCH3 is 1. The number of rotatable bonds is 7. The Labute approximate surface area is 174 Å². The summed E-state index contributed by atoms with van der Waals surface area (Å²) in [6.45, 7) is 6.18. The van der Waals surface area contributed by atoms with Crippen LogP contribution in [0.3, 0.4) is 0 Å². The van der Waals surface area contributed by atoms with Crippen LogP contribution in [0.1, 0.15) is 12.5 Å². The summed E-state index contributed by atoms with van der Waals surface area (Å²) in [7, 11) is 1.66. The maximum absolute atomic E-state index is 12.8. The Hall–Kier alpha value is -2.58. The lowest BCUT2D eigenvalue weighted by Gasteiger charge is -2.33. The van der Waals surface area contributed by atoms with E-state index in [0.29, 0.717) is 0 Å². The smallest absolute Gasteiger partial charge is 0.269 e. The van der Waals surface area contributed by atoms with Gasteiger partial charge in [0.05, 0.1) is 43.5 Å². The van der Waals surface area contributed by atoms with Gasteiger partial charge in [-0.05, 0) is 43.3 Å². The highest BCUT2D eigenvalue weighted by atomic mass is 32.2. The normalized spacial score (nSPS) is 15.7. The Bertz CT molecular complexity index is 834. The second-order valence-electron chi connectivity index (χ2n) is 7.11. The Balaban J connectivity index is 1.47. The molecule has 1 N–H and O–H groups in total. The van der Waals surface area contributed by atoms with Gasteiger partial charge in [-0.3, -0.25) is 14.9 Å². The first-order valence-corrected chi connectivity index (χ1v) is 10.5. The lowest BCUT2D eigenvalue weighted by atomic mass is 10.2. The van der Waals surface area contributed by atoms with Crippen molar-refractivity contribution in [3.63, 3.8) is 0 Å². The fraction of sp³-hybridized carbons (Fsp3) is 0.381. The van der Waals surface area contributed by atoms with E-state index in [1.165, 1.54) is 34.4 Å². The Morgan fingerprint density at radius 3 is 2.34 bits per heavy atom. The number of ether oxygens (including phenoxy) is 1. The highest BCUT2D eigenvalue weighted by Gasteiger charge is 2.27. The van der Waals surface area contributed by atoms with E-state index in [1.54, 1.807) is 19.2 Å². The fourth-order valence-electron chi connectivity index (χ4n) is 3.41. The molecule has 1 atom stereocenters. The van der Waals surface area contributed by atoms with Crippen LogP contribution in [-0.4, -0.2) is 54.3 Å². The van der Waals surface area contributed by atoms with Crippen molar-refractivity contribution in [1.82, 2.24) is 4.90 Å². The van der Waals surface area contributed by atoms with E-state index in [9.17, 15) is 14.9 Å². The lowest BCUT2D eigenvalue weighted by Crippen LogP contribution is -3.13. The largest absolute Gasteiger partial charge is 0.497 e. The maximum Gasteiger partial charge on any atom is 0.269 e. The third-order valence-electron chi connectivity index (χ3n) is 5.10. The first kappa shape index (κ1) is 21.1. The molecule has 0 saturated carbocycles. The van der Waals surface area contributed by atoms with Crippen LogP contribution in [0, 0.1) is 10.1 Å². The topological polar surface area (TPSA) is 77.1 Å². The SMILES string of the molecule is COc1ccc(C[NH+]2CCN(C(=O)[C@@H](C)Sc3ccc([N+](=O)[O-])cc3)CC2)cc1. The standard InChI is InChI=1S/C21H25N3O4S/c1-16(29-20-9-5-18(6-10-20)24(26)27)21(25)23-13-11-22(12-14-23)15-17-3-7-19(28-2)8-4-17/h3-10,16H,11-15H2,1-2H3/p+1/t16-/m1/s1. The van der Waals surface area contributed by atoms with E-state index >= 15 is 0 Å². The minimum Gasteiger partial charge on any atom is -0.497 e. The molecular formula is C21H26N3O4S+. The summed E-state index contributed by atoms with van der Waals surface area (Å²) in [5, 5.41) is 10.5. The highest BCUT2D eigenvalue weighted by Crippen LogP contribution is 2.26. The molecule has 1 heterocycles. The first-order chi connectivity index (χ1) is 14.0. The third kappa shape index (κ3) is 5.71. The predicted molar refractivity (Wildman–Crippen MR) is 112 cm³/mol. The number of nitro benzene ring substituents is 1. The number of nitrogens with zero attached hydrogens (tertiary/aromatic N) is 2. The number of amides is 1. The molecule has 0 aliphatic carbocycles. The molecule has 154 valence electrons. The van der Waals surface area contributed by atoms with Gasteiger partial charge in [0.15, 0.2) is 0 Å². The minimum absolute atomic E-state index is 0.0595. The van der Waals surface area contributed by atoms with E-state index < -0.39 is 4.92 Å². The second kappa shape index (κ2) is 9.76. The van der Waals surface area contributed by atoms with Crippen LogP contribution in [0.5, 0.6) is 5.75 Å². The number of nitrogens with one attached hydrogen (secondary N) is 1. The van der Waals surface area contributed by atoms with Crippen LogP contribution in [0.2, 0.25) is 0 Å². The number of hydrogen-bond donors (Lipinski definition) is 1. The Morgan fingerprint density at radius 2 is 1.79 bits per heavy atom. The molecular weight excluding hydrogens is 390 g/mol. The molecule has 2 aromatic rings. The van der Waals surface area contributed by atoms with Gasteiger partial charge in [-0.25, -0.2) is 0 Å². The molecule has 1 amide bonds. The minimum atomic E-state index is -0.420. The molecule has 0 unspecified atom stereocenters. The molecule has 3 rings (SSSR count). The Kier molecular flexibility index (Phi) is 7.11. The number of non-ortho nitro benzene ring substituents is 1. The van der Waals surface area contributed by atoms with Crippen molar-refractivity contribution in [2.45, 2.75) is 23.6 Å². The van der Waals surface area contributed by atoms with Gasteiger partial charge in [0.2, 0.25) is 5.91 Å². The van der Waals surface area contributed by atoms with Crippen molar-refractivity contribution in [2.24, 2.45) is 0 Å². The van der Waals surface area contributed by atoms with Crippen molar-refractivity contribution in [2.75, 3.05) is 33.3 Å². The van der Waals surface area contributed by atoms with Crippen LogP contribution in [0.15, 0.2) is 53.4 Å². The van der Waals surface area contributed by atoms with Crippen molar-refractivity contribution in [3.8, 4) is 5.75 Å². The summed E-state index contributed by atoms with van der Waals surface area (Å²) in [5.74, 6) is 0.982. The summed E-state index contributed by atoms with van der Waals surface area (Å²) in [5.41, 5.74) is 1.33. The summed E-state index contributed by atoms with van der Waals surface area (Å²) in [4.78, 5) is 27.4. The predicted octanol–water partition coefficient (Wildman–Crippen LogP) is 2.01. The molecule has 0 spiro atoms. The number of hydrogen-bond acceptors (Lipinski definition) is 5. The summed E-state index contributed by atoms with van der Waals surface area (Å²) < 4.78 is 5.20. The number of piperazine rings is 1. The van der Waals surface area contributed by atoms with E-state index in [4.69, 9.17) is 4.74 Å². The van der Waals surface area contributed by atoms with Gasteiger partial charge in [-0.2, -0.15) is 0 Å². The zero-order valence-corrected chi connectivity index (χ0v) is 17.5. The quantitative estimate of drug-likeness (QED) is 0.425. The van der Waals surface area contributed by atoms with Gasteiger partial charge >= 0.3 is 0 Å². The van der Waals surface area contributed by atoms with E-state index in [2.05, 4.69) is 12.1 Å². The molecule has 0 radical (unpaired) electrons. The average Bonchev–Trinajstić information content (AvgIpc) is 2.74. The van der Waals surface area contributed by atoms with Gasteiger partial charge in [0, 0.05) is 22.6 Å². The van der Waals surface area contributed by atoms with Crippen molar-refractivity contribution < 1.29 is 19.4 Å². The number of thioether (sulfide) groups is 1. The van der Waals surface area contributed by atoms with E-state index in [1.807, 2.05) is 24.0 Å². The van der Waals surface area contributed by atoms with Gasteiger partial charge in [0.25, 0.3) is 5.69 Å². The first-order valence-electron chi connectivity index (χ1n) is 9.62. The zero-order chi connectivity index (χ0) is 20.8. The third-order valence-corrected chi connectivity index (χ3v) is 6.20. The molecule has 29 heavy (non-hydrogen) atoms. The maximum atomic E-state index is 12.8. The van der Waals surface area contributed by atoms with E-state index in [0.717, 1.165) is 43.4 Å². The van der Waals surface area contributed by atoms with Gasteiger partial charge in [-0.15, -0.1) is 11.8 Å². The molecule has 1 saturated heterocycles. The Morgan fingerprint density at radius 1 is 1.17 bits per heavy atom. The molecule has 7 nitrogen and oxygen atoms in total. The molecule has 0 bridgehead atoms. The van der Waals surface area contributed by atoms with Crippen molar-refractivity contribution in [1.29, 1.82) is 0 Å². The van der Waals surface area contributed by atoms with Crippen LogP contribution in [0.25, 0.3) is 0 Å². The van der Waals surface area contributed by atoms with Crippen LogP contribution in [-0.2, 0) is 11.3 Å². The molecule has 1 aliphatic rings. The van der Waals surface area contributed by atoms with E-state index in [-0.39, 0.29) is 16.8 Å². The second-order valence-corrected chi connectivity index (χ2v) is 8.53. The summed E-state index contributed by atoms with van der Waals surface area (Å²) >= 11 is 1.44. The summed E-state index contributed by atoms with van der Waals surface area (Å²) in [6, 6.07) is 14.5. The van der Waals surface area contributed by atoms with Gasteiger partial charge in [-0.1, -0.05) is 0 Å². The number of carbonyl (C=O) groups excluding carboxylic acids is 1. The lowest BCUT2D eigenvalue weighted by molar-refractivity contribution is -0.917. The van der Waals surface area contributed by atoms with Crippen LogP contribution >= 0.6 is 11.8 Å². The average molecular weight is 417 g/mol. The van der Waals surface area contributed by atoms with Crippen LogP contribution in [0.4, 0.5) is 5.69 Å². The molecule has 1 fully saturated rings. The van der Waals surface area contributed by atoms with Crippen LogP contribution < -0.4 is 9.64 Å². The number of quaternary nitrogens is 1. The monoisotopic (exact) mass is 416 g/mol. The summed E-state index contributed by atoms with van der Waals surface area (Å²) in [6.07, 6.45) is 0. The van der Waals surface area contributed by atoms with Gasteiger partial charge in [0.1, 0.15) is 12.3 Å². The number of carbonyl (C=O) groups is 1. The van der Waals surface area contributed by atoms with Gasteiger partial charge < -0.3 is 14.5 Å². The fourth-order valence-corrected chi connectivity index (χ4v) is 4.36. The number of nitro groups is 1. The molecule has 0 aromatic heterocycles. The molecule has 2 aromatic carbocycles. The van der Waals surface area contributed by atoms with Crippen molar-refractivity contribution >= 4 is 23.4 Å².